The van der Waals surface area contributed by atoms with Crippen LogP contribution in [0.4, 0.5) is 16.0 Å². The summed E-state index contributed by atoms with van der Waals surface area (Å²) >= 11 is 0. The molecule has 4 heterocycles. The zero-order valence-electron chi connectivity index (χ0n) is 21.9. The largest absolute Gasteiger partial charge is 0.493 e. The number of ether oxygens (including phenoxy) is 1. The maximum Gasteiger partial charge on any atom is 0.281 e. The molecular weight excluding hydrogens is 521 g/mol. The van der Waals surface area contributed by atoms with Crippen LogP contribution in [0.5, 0.6) is 5.75 Å². The molecule has 2 atom stereocenters. The summed E-state index contributed by atoms with van der Waals surface area (Å²) in [6.45, 7) is 4.45. The molecule has 1 aromatic carbocycles. The smallest absolute Gasteiger partial charge is 0.281 e. The van der Waals surface area contributed by atoms with Gasteiger partial charge in [-0.1, -0.05) is 19.9 Å². The van der Waals surface area contributed by atoms with Crippen molar-refractivity contribution in [1.29, 1.82) is 0 Å². The van der Waals surface area contributed by atoms with Crippen LogP contribution in [0, 0.1) is 11.7 Å². The molecule has 1 amide bonds. The highest BCUT2D eigenvalue weighted by Crippen LogP contribution is 2.40. The van der Waals surface area contributed by atoms with E-state index in [9.17, 15) is 17.6 Å². The number of nitrogen functional groups attached to an aromatic ring is 1. The standard InChI is InChI=1S/C28H32FN5O4S/c1-17(2)16-38-22-14-18(13-19(29)15-22)24-12-11-23(27(31-24)34-20-5-3-6-21(34)10-9-20)28(35)33-39(36,37)26-8-4-7-25(30)32-26/h4,7-8,11-15,17,20-21H,3,5-6,9-10,16H2,1-2H3,(H2,30,32)(H,33,35)/t20-,21+. The first-order valence-corrected chi connectivity index (χ1v) is 14.6. The summed E-state index contributed by atoms with van der Waals surface area (Å²) in [6, 6.07) is 12.1. The van der Waals surface area contributed by atoms with Crippen molar-refractivity contribution >= 4 is 27.6 Å². The van der Waals surface area contributed by atoms with Crippen LogP contribution in [-0.2, 0) is 10.0 Å². The number of carbonyl (C=O) groups excluding carboxylic acids is 1. The summed E-state index contributed by atoms with van der Waals surface area (Å²) in [4.78, 5) is 24.2. The third kappa shape index (κ3) is 5.83. The van der Waals surface area contributed by atoms with E-state index in [4.69, 9.17) is 15.5 Å². The minimum absolute atomic E-state index is 0.0220. The van der Waals surface area contributed by atoms with Gasteiger partial charge in [0.15, 0.2) is 5.03 Å². The molecule has 2 bridgehead atoms. The molecule has 0 unspecified atom stereocenters. The van der Waals surface area contributed by atoms with Crippen molar-refractivity contribution in [2.75, 3.05) is 17.2 Å². The van der Waals surface area contributed by atoms with E-state index in [0.29, 0.717) is 29.4 Å². The molecule has 11 heteroatoms. The number of pyridine rings is 2. The summed E-state index contributed by atoms with van der Waals surface area (Å²) < 4.78 is 48.3. The van der Waals surface area contributed by atoms with Crippen molar-refractivity contribution in [3.8, 4) is 17.0 Å². The molecule has 0 radical (unpaired) electrons. The number of nitrogens with two attached hydrogens (primary N) is 1. The molecule has 2 aliphatic rings. The Bertz CT molecular complexity index is 1480. The average molecular weight is 554 g/mol. The summed E-state index contributed by atoms with van der Waals surface area (Å²) in [5.41, 5.74) is 6.73. The Balaban J connectivity index is 1.53. The van der Waals surface area contributed by atoms with Crippen LogP contribution in [0.15, 0.2) is 53.6 Å². The quantitative estimate of drug-likeness (QED) is 0.416. The predicted molar refractivity (Wildman–Crippen MR) is 146 cm³/mol. The molecule has 3 N–H and O–H groups in total. The lowest BCUT2D eigenvalue weighted by Crippen LogP contribution is -2.42. The van der Waals surface area contributed by atoms with Crippen LogP contribution in [-0.4, -0.2) is 43.0 Å². The first-order valence-electron chi connectivity index (χ1n) is 13.1. The second-order valence-electron chi connectivity index (χ2n) is 10.5. The van der Waals surface area contributed by atoms with Crippen molar-refractivity contribution in [2.24, 2.45) is 5.92 Å². The van der Waals surface area contributed by atoms with E-state index in [-0.39, 0.29) is 34.4 Å². The van der Waals surface area contributed by atoms with Gasteiger partial charge in [-0.25, -0.2) is 19.1 Å². The summed E-state index contributed by atoms with van der Waals surface area (Å²) in [5, 5.41) is -0.353. The molecule has 3 aromatic rings. The van der Waals surface area contributed by atoms with Crippen molar-refractivity contribution < 1.29 is 22.3 Å². The van der Waals surface area contributed by atoms with Gasteiger partial charge < -0.3 is 15.4 Å². The van der Waals surface area contributed by atoms with E-state index in [1.165, 1.54) is 30.3 Å². The van der Waals surface area contributed by atoms with Gasteiger partial charge in [-0.05, 0) is 74.4 Å². The Labute approximate surface area is 227 Å². The number of piperidine rings is 1. The zero-order valence-corrected chi connectivity index (χ0v) is 22.7. The van der Waals surface area contributed by atoms with Crippen molar-refractivity contribution in [1.82, 2.24) is 14.7 Å². The highest BCUT2D eigenvalue weighted by atomic mass is 32.2. The number of nitrogens with zero attached hydrogens (tertiary/aromatic N) is 3. The van der Waals surface area contributed by atoms with Gasteiger partial charge in [-0.3, -0.25) is 4.79 Å². The molecule has 9 nitrogen and oxygen atoms in total. The van der Waals surface area contributed by atoms with E-state index in [1.54, 1.807) is 18.2 Å². The predicted octanol–water partition coefficient (Wildman–Crippen LogP) is 4.54. The maximum atomic E-state index is 14.5. The Kier molecular flexibility index (Phi) is 7.44. The number of benzene rings is 1. The number of halogens is 1. The SMILES string of the molecule is CC(C)COc1cc(F)cc(-c2ccc(C(=O)NS(=O)(=O)c3cccc(N)n3)c(N3[C@@H]4CCC[C@H]3CC4)n2)c1. The number of sulfonamides is 1. The normalized spacial score (nSPS) is 18.8. The molecule has 206 valence electrons. The second-order valence-corrected chi connectivity index (χ2v) is 12.1. The van der Waals surface area contributed by atoms with Gasteiger partial charge >= 0.3 is 0 Å². The second kappa shape index (κ2) is 10.8. The van der Waals surface area contributed by atoms with Gasteiger partial charge in [-0.2, -0.15) is 8.42 Å². The lowest BCUT2D eigenvalue weighted by atomic mass is 10.0. The molecular formula is C28H32FN5O4S. The summed E-state index contributed by atoms with van der Waals surface area (Å²) in [5.74, 6) is -0.209. The Morgan fingerprint density at radius 1 is 1.10 bits per heavy atom. The van der Waals surface area contributed by atoms with E-state index >= 15 is 0 Å². The number of anilines is 2. The molecule has 2 aliphatic heterocycles. The van der Waals surface area contributed by atoms with Crippen LogP contribution in [0.1, 0.15) is 56.3 Å². The fourth-order valence-electron chi connectivity index (χ4n) is 5.31. The first kappa shape index (κ1) is 26.9. The zero-order chi connectivity index (χ0) is 27.7. The fraction of sp³-hybridized carbons (Fsp3) is 0.393. The van der Waals surface area contributed by atoms with Crippen LogP contribution < -0.4 is 20.1 Å². The summed E-state index contributed by atoms with van der Waals surface area (Å²) in [7, 11) is -4.28. The number of aromatic nitrogens is 2. The number of nitrogens with one attached hydrogen (secondary N) is 1. The molecule has 2 saturated heterocycles. The van der Waals surface area contributed by atoms with E-state index in [0.717, 1.165) is 32.1 Å². The highest BCUT2D eigenvalue weighted by Gasteiger charge is 2.39. The Morgan fingerprint density at radius 2 is 1.85 bits per heavy atom. The topological polar surface area (TPSA) is 128 Å². The molecule has 2 fully saturated rings. The van der Waals surface area contributed by atoms with E-state index < -0.39 is 21.7 Å². The van der Waals surface area contributed by atoms with Gasteiger partial charge in [0.25, 0.3) is 15.9 Å². The monoisotopic (exact) mass is 553 g/mol. The number of hydrogen-bond donors (Lipinski definition) is 2. The third-order valence-electron chi connectivity index (χ3n) is 7.06. The minimum atomic E-state index is -4.28. The molecule has 39 heavy (non-hydrogen) atoms. The third-order valence-corrected chi connectivity index (χ3v) is 8.29. The average Bonchev–Trinajstić information content (AvgIpc) is 3.14. The van der Waals surface area contributed by atoms with Crippen molar-refractivity contribution in [3.63, 3.8) is 0 Å². The molecule has 2 aromatic heterocycles. The van der Waals surface area contributed by atoms with Gasteiger partial charge in [-0.15, -0.1) is 0 Å². The molecule has 0 saturated carbocycles. The van der Waals surface area contributed by atoms with Gasteiger partial charge in [0, 0.05) is 23.7 Å². The van der Waals surface area contributed by atoms with Crippen LogP contribution in [0.25, 0.3) is 11.3 Å². The Morgan fingerprint density at radius 3 is 2.54 bits per heavy atom. The van der Waals surface area contributed by atoms with Gasteiger partial charge in [0.1, 0.15) is 23.2 Å². The van der Waals surface area contributed by atoms with E-state index in [2.05, 4.69) is 14.6 Å². The van der Waals surface area contributed by atoms with Crippen LogP contribution in [0.2, 0.25) is 0 Å². The van der Waals surface area contributed by atoms with Crippen LogP contribution >= 0.6 is 0 Å². The van der Waals surface area contributed by atoms with E-state index in [1.807, 2.05) is 13.8 Å². The minimum Gasteiger partial charge on any atom is -0.493 e. The first-order chi connectivity index (χ1) is 18.6. The number of rotatable bonds is 8. The lowest BCUT2D eigenvalue weighted by molar-refractivity contribution is 0.0981. The number of hydrogen-bond acceptors (Lipinski definition) is 8. The highest BCUT2D eigenvalue weighted by molar-refractivity contribution is 7.90. The van der Waals surface area contributed by atoms with Crippen molar-refractivity contribution in [3.05, 3.63) is 59.9 Å². The van der Waals surface area contributed by atoms with Gasteiger partial charge in [0.2, 0.25) is 0 Å². The number of amides is 1. The lowest BCUT2D eigenvalue weighted by Gasteiger charge is -2.37. The van der Waals surface area contributed by atoms with Crippen molar-refractivity contribution in [2.45, 2.75) is 63.1 Å². The molecule has 0 spiro atoms. The molecule has 5 rings (SSSR count). The number of fused-ring (bicyclic) bond motifs is 2. The van der Waals surface area contributed by atoms with Gasteiger partial charge in [0.05, 0.1) is 17.9 Å². The fourth-order valence-corrected chi connectivity index (χ4v) is 6.25. The Hall–Kier alpha value is -3.73. The van der Waals surface area contributed by atoms with Crippen LogP contribution in [0.3, 0.4) is 0 Å². The number of carbonyl (C=O) groups is 1. The maximum absolute atomic E-state index is 14.5. The molecule has 0 aliphatic carbocycles. The summed E-state index contributed by atoms with van der Waals surface area (Å²) in [6.07, 6.45) is 4.94.